The number of allylic oxidation sites excluding steroid dienone is 2. The van der Waals surface area contributed by atoms with E-state index < -0.39 is 24.2 Å². The van der Waals surface area contributed by atoms with Crippen LogP contribution >= 0.6 is 0 Å². The Balaban J connectivity index is 1.37. The maximum Gasteiger partial charge on any atom is 0.106 e. The summed E-state index contributed by atoms with van der Waals surface area (Å²) in [5.74, 6) is 0. The molecule has 2 aliphatic carbocycles. The molecule has 238 valence electrons. The van der Waals surface area contributed by atoms with Crippen LogP contribution in [0.5, 0.6) is 0 Å². The highest BCUT2D eigenvalue weighted by molar-refractivity contribution is 6.93. The first-order valence-corrected chi connectivity index (χ1v) is 27.5. The second kappa shape index (κ2) is 12.9. The Morgan fingerprint density at radius 1 is 0.500 bits per heavy atom. The lowest BCUT2D eigenvalue weighted by molar-refractivity contribution is 0.697. The van der Waals surface area contributed by atoms with E-state index in [2.05, 4.69) is 150 Å². The zero-order valence-corrected chi connectivity index (χ0v) is 32.7. The topological polar surface area (TPSA) is 0 Å². The SMILES string of the molecule is CCCCCC[Si](C)(C1=Cc2c(cccc2-c2ccc([Si](C)(C)C)cc2)C1)C1=Cc2c(cccc2-c2ccc([Si](C)(C)C)cc2)C1. The molecule has 0 atom stereocenters. The van der Waals surface area contributed by atoms with Gasteiger partial charge in [-0.2, -0.15) is 0 Å². The first kappa shape index (κ1) is 32.9. The Hall–Kier alpha value is -2.99. The average Bonchev–Trinajstić information content (AvgIpc) is 3.68. The smallest absolute Gasteiger partial charge is 0.0712 e. The molecule has 0 spiro atoms. The molecule has 4 aromatic rings. The molecule has 0 aromatic heterocycles. The van der Waals surface area contributed by atoms with E-state index in [-0.39, 0.29) is 0 Å². The third-order valence-electron chi connectivity index (χ3n) is 10.9. The van der Waals surface area contributed by atoms with Gasteiger partial charge >= 0.3 is 0 Å². The monoisotopic (exact) mass is 654 g/mol. The molecule has 0 nitrogen and oxygen atoms in total. The van der Waals surface area contributed by atoms with Gasteiger partial charge in [0.1, 0.15) is 8.07 Å². The average molecular weight is 655 g/mol. The molecule has 0 unspecified atom stereocenters. The molecular formula is C43H54Si3. The van der Waals surface area contributed by atoms with Crippen molar-refractivity contribution in [3.63, 3.8) is 0 Å². The zero-order chi connectivity index (χ0) is 32.7. The van der Waals surface area contributed by atoms with Crippen molar-refractivity contribution in [1.82, 2.24) is 0 Å². The molecule has 0 bridgehead atoms. The lowest BCUT2D eigenvalue weighted by atomic mass is 9.97. The van der Waals surface area contributed by atoms with Crippen LogP contribution in [0.2, 0.25) is 51.9 Å². The summed E-state index contributed by atoms with van der Waals surface area (Å²) in [4.78, 5) is 0. The number of hydrogen-bond acceptors (Lipinski definition) is 0. The van der Waals surface area contributed by atoms with Gasteiger partial charge in [0.15, 0.2) is 0 Å². The van der Waals surface area contributed by atoms with Crippen LogP contribution in [0.15, 0.2) is 95.3 Å². The predicted molar refractivity (Wildman–Crippen MR) is 214 cm³/mol. The summed E-state index contributed by atoms with van der Waals surface area (Å²) < 4.78 is 0. The van der Waals surface area contributed by atoms with Gasteiger partial charge in [-0.15, -0.1) is 0 Å². The maximum atomic E-state index is 2.71. The number of hydrogen-bond donors (Lipinski definition) is 0. The summed E-state index contributed by atoms with van der Waals surface area (Å²) >= 11 is 0. The second-order valence-electron chi connectivity index (χ2n) is 16.2. The Kier molecular flexibility index (Phi) is 9.23. The van der Waals surface area contributed by atoms with Gasteiger partial charge in [-0.3, -0.25) is 0 Å². The van der Waals surface area contributed by atoms with Crippen LogP contribution in [-0.4, -0.2) is 24.2 Å². The first-order valence-electron chi connectivity index (χ1n) is 17.8. The normalized spacial score (nSPS) is 14.6. The predicted octanol–water partition coefficient (Wildman–Crippen LogP) is 11.4. The van der Waals surface area contributed by atoms with Crippen molar-refractivity contribution < 1.29 is 0 Å². The highest BCUT2D eigenvalue weighted by Gasteiger charge is 2.39. The summed E-state index contributed by atoms with van der Waals surface area (Å²) in [6.45, 7) is 19.7. The van der Waals surface area contributed by atoms with Crippen molar-refractivity contribution in [3.8, 4) is 22.3 Å². The molecule has 0 fully saturated rings. The van der Waals surface area contributed by atoms with Crippen LogP contribution < -0.4 is 10.4 Å². The van der Waals surface area contributed by atoms with E-state index in [9.17, 15) is 0 Å². The quantitative estimate of drug-likeness (QED) is 0.111. The molecule has 0 radical (unpaired) electrons. The highest BCUT2D eigenvalue weighted by atomic mass is 28.3. The van der Waals surface area contributed by atoms with E-state index in [4.69, 9.17) is 0 Å². The Morgan fingerprint density at radius 3 is 1.33 bits per heavy atom. The molecule has 0 saturated carbocycles. The molecule has 0 amide bonds. The van der Waals surface area contributed by atoms with Crippen molar-refractivity contribution in [2.75, 3.05) is 0 Å². The van der Waals surface area contributed by atoms with Crippen LogP contribution in [0.1, 0.15) is 54.9 Å². The van der Waals surface area contributed by atoms with Gasteiger partial charge in [0.2, 0.25) is 0 Å². The van der Waals surface area contributed by atoms with Gasteiger partial charge in [0.05, 0.1) is 16.1 Å². The number of fused-ring (bicyclic) bond motifs is 2. The maximum absolute atomic E-state index is 2.71. The zero-order valence-electron chi connectivity index (χ0n) is 29.7. The van der Waals surface area contributed by atoms with Crippen LogP contribution in [-0.2, 0) is 12.8 Å². The lowest BCUT2D eigenvalue weighted by Gasteiger charge is -2.31. The molecule has 2 aliphatic rings. The largest absolute Gasteiger partial charge is 0.106 e. The van der Waals surface area contributed by atoms with E-state index in [1.54, 1.807) is 10.4 Å². The van der Waals surface area contributed by atoms with Crippen molar-refractivity contribution in [2.24, 2.45) is 0 Å². The highest BCUT2D eigenvalue weighted by Crippen LogP contribution is 2.45. The fraction of sp³-hybridized carbons (Fsp3) is 0.349. The minimum Gasteiger partial charge on any atom is -0.0712 e. The van der Waals surface area contributed by atoms with Crippen molar-refractivity contribution in [3.05, 3.63) is 118 Å². The van der Waals surface area contributed by atoms with Crippen molar-refractivity contribution in [2.45, 2.75) is 97.3 Å². The van der Waals surface area contributed by atoms with Crippen molar-refractivity contribution >= 4 is 46.7 Å². The van der Waals surface area contributed by atoms with E-state index in [1.807, 2.05) is 0 Å². The third-order valence-corrected chi connectivity index (χ3v) is 19.8. The van der Waals surface area contributed by atoms with Gasteiger partial charge in [0.25, 0.3) is 0 Å². The van der Waals surface area contributed by atoms with Crippen LogP contribution in [0.4, 0.5) is 0 Å². The van der Waals surface area contributed by atoms with Gasteiger partial charge in [-0.25, -0.2) is 0 Å². The molecule has 0 N–H and O–H groups in total. The molecule has 3 heteroatoms. The molecule has 0 saturated heterocycles. The summed E-state index contributed by atoms with van der Waals surface area (Å²) in [7, 11) is -4.55. The standard InChI is InChI=1S/C43H54Si3/c1-9-10-11-12-27-46(8,38-28-34-15-13-17-40(42(34)30-38)32-19-23-36(24-20-32)44(2,3)4)39-29-35-16-14-18-41(43(35)31-39)33-21-25-37(26-22-33)45(5,6)7/h13-26,30-31H,9-12,27-29H2,1-8H3. The van der Waals surface area contributed by atoms with E-state index >= 15 is 0 Å². The number of benzene rings is 4. The van der Waals surface area contributed by atoms with E-state index in [1.165, 1.54) is 86.6 Å². The Labute approximate surface area is 282 Å². The molecule has 6 rings (SSSR count). The fourth-order valence-corrected chi connectivity index (χ4v) is 14.1. The van der Waals surface area contributed by atoms with Crippen LogP contribution in [0.3, 0.4) is 0 Å². The number of unbranched alkanes of at least 4 members (excludes halogenated alkanes) is 3. The first-order chi connectivity index (χ1) is 21.9. The molecule has 0 heterocycles. The summed E-state index contributed by atoms with van der Waals surface area (Å²) in [5, 5.41) is 6.55. The summed E-state index contributed by atoms with van der Waals surface area (Å²) in [6, 6.07) is 34.5. The molecular weight excluding hydrogens is 601 g/mol. The molecule has 46 heavy (non-hydrogen) atoms. The summed E-state index contributed by atoms with van der Waals surface area (Å²) in [6.07, 6.45) is 12.9. The second-order valence-corrected chi connectivity index (χ2v) is 30.9. The summed E-state index contributed by atoms with van der Waals surface area (Å²) in [5.41, 5.74) is 11.5. The van der Waals surface area contributed by atoms with Gasteiger partial charge < -0.3 is 0 Å². The number of rotatable bonds is 11. The molecule has 0 aliphatic heterocycles. The minimum absolute atomic E-state index is 1.12. The van der Waals surface area contributed by atoms with Gasteiger partial charge in [-0.05, 0) is 57.3 Å². The lowest BCUT2D eigenvalue weighted by Crippen LogP contribution is -2.37. The van der Waals surface area contributed by atoms with Crippen molar-refractivity contribution in [1.29, 1.82) is 0 Å². The fourth-order valence-electron chi connectivity index (χ4n) is 7.68. The minimum atomic E-state index is -1.91. The molecule has 4 aromatic carbocycles. The van der Waals surface area contributed by atoms with E-state index in [0.717, 1.165) is 12.8 Å². The third kappa shape index (κ3) is 6.56. The Bertz CT molecular complexity index is 1650. The Morgan fingerprint density at radius 2 is 0.935 bits per heavy atom. The van der Waals surface area contributed by atoms with Crippen LogP contribution in [0, 0.1) is 0 Å². The van der Waals surface area contributed by atoms with E-state index in [0.29, 0.717) is 0 Å². The van der Waals surface area contributed by atoms with Crippen LogP contribution in [0.25, 0.3) is 34.4 Å². The van der Waals surface area contributed by atoms with Gasteiger partial charge in [-0.1, -0.05) is 202 Å². The van der Waals surface area contributed by atoms with Gasteiger partial charge in [0, 0.05) is 0 Å².